The highest BCUT2D eigenvalue weighted by Crippen LogP contribution is 2.12. The Balaban J connectivity index is 2.26. The van der Waals surface area contributed by atoms with Crippen LogP contribution in [0.5, 0.6) is 0 Å². The van der Waals surface area contributed by atoms with Gasteiger partial charge >= 0.3 is 0 Å². The summed E-state index contributed by atoms with van der Waals surface area (Å²) in [6, 6.07) is 8.97. The van der Waals surface area contributed by atoms with Crippen molar-refractivity contribution in [2.24, 2.45) is 0 Å². The maximum absolute atomic E-state index is 3.29. The predicted molar refractivity (Wildman–Crippen MR) is 88.8 cm³/mol. The molecule has 0 saturated heterocycles. The van der Waals surface area contributed by atoms with E-state index in [0.717, 1.165) is 12.0 Å². The van der Waals surface area contributed by atoms with Crippen molar-refractivity contribution < 1.29 is 0 Å². The molecule has 0 aliphatic carbocycles. The van der Waals surface area contributed by atoms with Crippen LogP contribution >= 0.6 is 0 Å². The van der Waals surface area contributed by atoms with E-state index in [1.54, 1.807) is 0 Å². The molecule has 1 atom stereocenters. The Kier molecular flexibility index (Phi) is 8.83. The topological polar surface area (TPSA) is 12.0 Å². The molecule has 0 amide bonds. The van der Waals surface area contributed by atoms with Gasteiger partial charge in [-0.3, -0.25) is 0 Å². The maximum Gasteiger partial charge on any atom is 0.0289 e. The van der Waals surface area contributed by atoms with Crippen molar-refractivity contribution in [3.8, 4) is 11.8 Å². The van der Waals surface area contributed by atoms with Crippen LogP contribution in [0.15, 0.2) is 24.3 Å². The average Bonchev–Trinajstić information content (AvgIpc) is 2.50. The Labute approximate surface area is 125 Å². The summed E-state index contributed by atoms with van der Waals surface area (Å²) in [4.78, 5) is 0. The van der Waals surface area contributed by atoms with E-state index in [0.29, 0.717) is 6.04 Å². The minimum Gasteiger partial charge on any atom is -0.313 e. The zero-order valence-electron chi connectivity index (χ0n) is 13.3. The molecular formula is C19H29N. The second-order valence-corrected chi connectivity index (χ2v) is 5.45. The summed E-state index contributed by atoms with van der Waals surface area (Å²) >= 11 is 0. The number of rotatable bonds is 8. The fourth-order valence-electron chi connectivity index (χ4n) is 2.18. The van der Waals surface area contributed by atoms with Gasteiger partial charge in [-0.25, -0.2) is 0 Å². The molecule has 0 aliphatic heterocycles. The van der Waals surface area contributed by atoms with Gasteiger partial charge in [0.2, 0.25) is 0 Å². The van der Waals surface area contributed by atoms with E-state index in [2.05, 4.69) is 55.3 Å². The van der Waals surface area contributed by atoms with Crippen molar-refractivity contribution >= 4 is 0 Å². The van der Waals surface area contributed by atoms with Gasteiger partial charge in [-0.1, -0.05) is 63.0 Å². The Morgan fingerprint density at radius 2 is 1.65 bits per heavy atom. The Morgan fingerprint density at radius 3 is 2.30 bits per heavy atom. The minimum atomic E-state index is 0.403. The molecule has 0 heterocycles. The van der Waals surface area contributed by atoms with Gasteiger partial charge in [-0.2, -0.15) is 0 Å². The molecule has 110 valence electrons. The lowest BCUT2D eigenvalue weighted by molar-refractivity contribution is 0.614. The highest BCUT2D eigenvalue weighted by Gasteiger charge is 2.00. The van der Waals surface area contributed by atoms with Crippen LogP contribution < -0.4 is 5.32 Å². The molecule has 1 rings (SSSR count). The molecule has 0 aromatic heterocycles. The van der Waals surface area contributed by atoms with Gasteiger partial charge in [-0.05, 0) is 38.1 Å². The molecule has 0 radical (unpaired) electrons. The summed E-state index contributed by atoms with van der Waals surface area (Å²) in [6.45, 7) is 4.42. The highest BCUT2D eigenvalue weighted by molar-refractivity contribution is 5.36. The minimum absolute atomic E-state index is 0.403. The molecule has 1 unspecified atom stereocenters. The smallest absolute Gasteiger partial charge is 0.0289 e. The van der Waals surface area contributed by atoms with Gasteiger partial charge in [0.15, 0.2) is 0 Å². The van der Waals surface area contributed by atoms with E-state index in [1.807, 2.05) is 7.05 Å². The fraction of sp³-hybridized carbons (Fsp3) is 0.579. The Morgan fingerprint density at radius 1 is 1.00 bits per heavy atom. The largest absolute Gasteiger partial charge is 0.313 e. The summed E-state index contributed by atoms with van der Waals surface area (Å²) in [5.74, 6) is 6.55. The van der Waals surface area contributed by atoms with Gasteiger partial charge in [0.05, 0.1) is 0 Å². The van der Waals surface area contributed by atoms with Crippen molar-refractivity contribution in [2.45, 2.75) is 64.8 Å². The summed E-state index contributed by atoms with van der Waals surface area (Å²) in [6.07, 6.45) is 9.05. The van der Waals surface area contributed by atoms with Crippen LogP contribution in [-0.4, -0.2) is 7.05 Å². The quantitative estimate of drug-likeness (QED) is 0.514. The number of unbranched alkanes of at least 4 members (excludes halogenated alkanes) is 6. The summed E-state index contributed by atoms with van der Waals surface area (Å²) in [5.41, 5.74) is 2.44. The fourth-order valence-corrected chi connectivity index (χ4v) is 2.18. The summed E-state index contributed by atoms with van der Waals surface area (Å²) in [5, 5.41) is 3.25. The van der Waals surface area contributed by atoms with Crippen molar-refractivity contribution in [3.63, 3.8) is 0 Å². The molecule has 0 spiro atoms. The Bertz CT molecular complexity index is 408. The van der Waals surface area contributed by atoms with Crippen molar-refractivity contribution in [1.82, 2.24) is 5.32 Å². The molecular weight excluding hydrogens is 242 g/mol. The van der Waals surface area contributed by atoms with Crippen LogP contribution in [0.1, 0.15) is 76.0 Å². The Hall–Kier alpha value is -1.26. The van der Waals surface area contributed by atoms with E-state index >= 15 is 0 Å². The van der Waals surface area contributed by atoms with E-state index < -0.39 is 0 Å². The van der Waals surface area contributed by atoms with Gasteiger partial charge in [0.25, 0.3) is 0 Å². The normalized spacial score (nSPS) is 11.8. The van der Waals surface area contributed by atoms with Crippen LogP contribution in [0, 0.1) is 11.8 Å². The first-order valence-corrected chi connectivity index (χ1v) is 8.04. The van der Waals surface area contributed by atoms with E-state index in [9.17, 15) is 0 Å². The van der Waals surface area contributed by atoms with Gasteiger partial charge < -0.3 is 5.32 Å². The zero-order chi connectivity index (χ0) is 14.6. The highest BCUT2D eigenvalue weighted by atomic mass is 14.8. The van der Waals surface area contributed by atoms with Crippen LogP contribution in [0.3, 0.4) is 0 Å². The number of hydrogen-bond acceptors (Lipinski definition) is 1. The third-order valence-electron chi connectivity index (χ3n) is 3.73. The first-order valence-electron chi connectivity index (χ1n) is 8.04. The van der Waals surface area contributed by atoms with Crippen LogP contribution in [0.2, 0.25) is 0 Å². The van der Waals surface area contributed by atoms with Crippen molar-refractivity contribution in [1.29, 1.82) is 0 Å². The third kappa shape index (κ3) is 6.78. The van der Waals surface area contributed by atoms with Gasteiger partial charge in [0.1, 0.15) is 0 Å². The van der Waals surface area contributed by atoms with Crippen LogP contribution in [-0.2, 0) is 0 Å². The summed E-state index contributed by atoms with van der Waals surface area (Å²) in [7, 11) is 1.99. The molecule has 1 aromatic carbocycles. The lowest BCUT2D eigenvalue weighted by Crippen LogP contribution is -2.11. The molecule has 0 saturated carbocycles. The van der Waals surface area contributed by atoms with Crippen LogP contribution in [0.4, 0.5) is 0 Å². The monoisotopic (exact) mass is 271 g/mol. The molecule has 1 heteroatoms. The molecule has 0 aliphatic rings. The molecule has 1 nitrogen and oxygen atoms in total. The van der Waals surface area contributed by atoms with Crippen molar-refractivity contribution in [3.05, 3.63) is 35.4 Å². The lowest BCUT2D eigenvalue weighted by Gasteiger charge is -2.09. The third-order valence-corrected chi connectivity index (χ3v) is 3.73. The number of hydrogen-bond donors (Lipinski definition) is 1. The molecule has 0 fully saturated rings. The second kappa shape index (κ2) is 10.5. The summed E-state index contributed by atoms with van der Waals surface area (Å²) < 4.78 is 0. The SMILES string of the molecule is CCCCCCCCC#Cc1ccc(C(C)NC)cc1. The number of benzene rings is 1. The standard InChI is InChI=1S/C19H29N/c1-4-5-6-7-8-9-10-11-12-18-13-15-19(16-14-18)17(2)20-3/h13-17,20H,4-10H2,1-3H3. The molecule has 1 aromatic rings. The number of nitrogens with one attached hydrogen (secondary N) is 1. The van der Waals surface area contributed by atoms with E-state index in [-0.39, 0.29) is 0 Å². The first kappa shape index (κ1) is 16.8. The predicted octanol–water partition coefficient (Wildman–Crippen LogP) is 5.07. The average molecular weight is 271 g/mol. The van der Waals surface area contributed by atoms with Gasteiger partial charge in [-0.15, -0.1) is 0 Å². The van der Waals surface area contributed by atoms with Crippen molar-refractivity contribution in [2.75, 3.05) is 7.05 Å². The van der Waals surface area contributed by atoms with Crippen LogP contribution in [0.25, 0.3) is 0 Å². The maximum atomic E-state index is 3.29. The van der Waals surface area contributed by atoms with Gasteiger partial charge in [0, 0.05) is 18.0 Å². The first-order chi connectivity index (χ1) is 9.77. The molecule has 1 N–H and O–H groups in total. The molecule has 0 bridgehead atoms. The lowest BCUT2D eigenvalue weighted by atomic mass is 10.1. The van der Waals surface area contributed by atoms with E-state index in [4.69, 9.17) is 0 Å². The second-order valence-electron chi connectivity index (χ2n) is 5.45. The van der Waals surface area contributed by atoms with E-state index in [1.165, 1.54) is 44.1 Å². The molecule has 20 heavy (non-hydrogen) atoms. The zero-order valence-corrected chi connectivity index (χ0v) is 13.3.